The standard InChI is InChI=1S/C10H13N/c1-3-9-6-4-5-7-10(9)8-11-2/h4-7H,2-3,8H2,1H3. The molecule has 1 aromatic rings. The lowest BCUT2D eigenvalue weighted by atomic mass is 10.1. The van der Waals surface area contributed by atoms with Crippen LogP contribution in [0.1, 0.15) is 18.1 Å². The fourth-order valence-electron chi connectivity index (χ4n) is 1.18. The monoisotopic (exact) mass is 147 g/mol. The quantitative estimate of drug-likeness (QED) is 0.582. The van der Waals surface area contributed by atoms with Gasteiger partial charge in [0.05, 0.1) is 6.54 Å². The molecule has 0 saturated heterocycles. The van der Waals surface area contributed by atoms with Crippen molar-refractivity contribution in [1.29, 1.82) is 0 Å². The van der Waals surface area contributed by atoms with Crippen LogP contribution in [0.25, 0.3) is 0 Å². The van der Waals surface area contributed by atoms with Gasteiger partial charge in [0.25, 0.3) is 0 Å². The minimum Gasteiger partial charge on any atom is -0.296 e. The van der Waals surface area contributed by atoms with Gasteiger partial charge in [-0.15, -0.1) is 0 Å². The molecule has 0 aliphatic heterocycles. The summed E-state index contributed by atoms with van der Waals surface area (Å²) in [5.74, 6) is 0. The molecule has 11 heavy (non-hydrogen) atoms. The van der Waals surface area contributed by atoms with Gasteiger partial charge >= 0.3 is 0 Å². The van der Waals surface area contributed by atoms with Crippen LogP contribution in [0.5, 0.6) is 0 Å². The predicted octanol–water partition coefficient (Wildman–Crippen LogP) is 2.45. The first-order valence-corrected chi connectivity index (χ1v) is 3.87. The highest BCUT2D eigenvalue weighted by molar-refractivity contribution is 5.30. The average molecular weight is 147 g/mol. The lowest BCUT2D eigenvalue weighted by Gasteiger charge is -2.02. The Morgan fingerprint density at radius 3 is 2.45 bits per heavy atom. The second kappa shape index (κ2) is 3.91. The molecule has 1 heteroatoms. The van der Waals surface area contributed by atoms with Gasteiger partial charge in [-0.2, -0.15) is 0 Å². The molecule has 58 valence electrons. The molecule has 0 amide bonds. The second-order valence-electron chi connectivity index (χ2n) is 2.50. The van der Waals surface area contributed by atoms with Gasteiger partial charge in [-0.3, -0.25) is 4.99 Å². The molecule has 0 N–H and O–H groups in total. The van der Waals surface area contributed by atoms with Crippen LogP contribution < -0.4 is 0 Å². The van der Waals surface area contributed by atoms with Crippen molar-refractivity contribution < 1.29 is 0 Å². The lowest BCUT2D eigenvalue weighted by molar-refractivity contribution is 1.01. The molecule has 0 saturated carbocycles. The first-order chi connectivity index (χ1) is 5.38. The highest BCUT2D eigenvalue weighted by Gasteiger charge is 1.95. The molecule has 0 bridgehead atoms. The highest BCUT2D eigenvalue weighted by Crippen LogP contribution is 2.09. The Bertz CT molecular complexity index is 240. The topological polar surface area (TPSA) is 12.4 Å². The van der Waals surface area contributed by atoms with Crippen LogP contribution in [0.3, 0.4) is 0 Å². The normalized spacial score (nSPS) is 9.55. The minimum absolute atomic E-state index is 0.740. The smallest absolute Gasteiger partial charge is 0.0635 e. The van der Waals surface area contributed by atoms with Crippen LogP contribution in [-0.4, -0.2) is 6.72 Å². The lowest BCUT2D eigenvalue weighted by Crippen LogP contribution is -1.89. The summed E-state index contributed by atoms with van der Waals surface area (Å²) in [5, 5.41) is 0. The van der Waals surface area contributed by atoms with Crippen LogP contribution in [-0.2, 0) is 13.0 Å². The number of rotatable bonds is 3. The number of aliphatic imine (C=N–C) groups is 1. The van der Waals surface area contributed by atoms with Gasteiger partial charge in [0.1, 0.15) is 0 Å². The van der Waals surface area contributed by atoms with Gasteiger partial charge in [0.15, 0.2) is 0 Å². The average Bonchev–Trinajstić information content (AvgIpc) is 2.06. The van der Waals surface area contributed by atoms with Crippen LogP contribution in [0.15, 0.2) is 29.3 Å². The van der Waals surface area contributed by atoms with Crippen LogP contribution in [0.2, 0.25) is 0 Å². The molecule has 0 spiro atoms. The van der Waals surface area contributed by atoms with Gasteiger partial charge in [0, 0.05) is 0 Å². The molecule has 0 atom stereocenters. The Labute approximate surface area is 67.8 Å². The van der Waals surface area contributed by atoms with Gasteiger partial charge in [0.2, 0.25) is 0 Å². The Morgan fingerprint density at radius 2 is 1.91 bits per heavy atom. The predicted molar refractivity (Wildman–Crippen MR) is 49.1 cm³/mol. The zero-order valence-electron chi connectivity index (χ0n) is 6.88. The largest absolute Gasteiger partial charge is 0.296 e. The maximum Gasteiger partial charge on any atom is 0.0635 e. The first-order valence-electron chi connectivity index (χ1n) is 3.87. The fourth-order valence-corrected chi connectivity index (χ4v) is 1.18. The molecule has 0 aliphatic carbocycles. The zero-order valence-corrected chi connectivity index (χ0v) is 6.88. The summed E-state index contributed by atoms with van der Waals surface area (Å²) in [5.41, 5.74) is 2.67. The van der Waals surface area contributed by atoms with Crippen molar-refractivity contribution in [2.24, 2.45) is 4.99 Å². The van der Waals surface area contributed by atoms with E-state index in [1.165, 1.54) is 11.1 Å². The van der Waals surface area contributed by atoms with E-state index in [1.54, 1.807) is 0 Å². The Hall–Kier alpha value is -1.11. The SMILES string of the molecule is C=NCc1ccccc1CC. The number of nitrogens with zero attached hydrogens (tertiary/aromatic N) is 1. The molecular formula is C10H13N. The summed E-state index contributed by atoms with van der Waals surface area (Å²) in [4.78, 5) is 3.86. The maximum absolute atomic E-state index is 3.86. The molecule has 1 aromatic carbocycles. The van der Waals surface area contributed by atoms with E-state index in [1.807, 2.05) is 6.07 Å². The summed E-state index contributed by atoms with van der Waals surface area (Å²) in [6, 6.07) is 8.35. The van der Waals surface area contributed by atoms with Crippen molar-refractivity contribution >= 4 is 6.72 Å². The van der Waals surface area contributed by atoms with E-state index in [2.05, 4.69) is 36.8 Å². The third-order valence-corrected chi connectivity index (χ3v) is 1.78. The zero-order chi connectivity index (χ0) is 8.10. The highest BCUT2D eigenvalue weighted by atomic mass is 14.7. The maximum atomic E-state index is 3.86. The summed E-state index contributed by atoms with van der Waals surface area (Å²) in [6.07, 6.45) is 1.08. The molecule has 0 aromatic heterocycles. The Kier molecular flexibility index (Phi) is 2.84. The van der Waals surface area contributed by atoms with Crippen molar-refractivity contribution in [3.63, 3.8) is 0 Å². The number of hydrogen-bond acceptors (Lipinski definition) is 1. The molecule has 0 radical (unpaired) electrons. The Morgan fingerprint density at radius 1 is 1.27 bits per heavy atom. The number of benzene rings is 1. The van der Waals surface area contributed by atoms with Gasteiger partial charge in [-0.1, -0.05) is 31.2 Å². The molecule has 0 unspecified atom stereocenters. The fraction of sp³-hybridized carbons (Fsp3) is 0.300. The van der Waals surface area contributed by atoms with Crippen molar-refractivity contribution in [2.75, 3.05) is 0 Å². The van der Waals surface area contributed by atoms with E-state index in [4.69, 9.17) is 0 Å². The minimum atomic E-state index is 0.740. The summed E-state index contributed by atoms with van der Waals surface area (Å²) < 4.78 is 0. The van der Waals surface area contributed by atoms with Crippen LogP contribution in [0.4, 0.5) is 0 Å². The van der Waals surface area contributed by atoms with E-state index >= 15 is 0 Å². The van der Waals surface area contributed by atoms with Crippen molar-refractivity contribution in [1.82, 2.24) is 0 Å². The molecule has 1 rings (SSSR count). The molecule has 1 nitrogen and oxygen atoms in total. The van der Waals surface area contributed by atoms with Gasteiger partial charge in [-0.25, -0.2) is 0 Å². The van der Waals surface area contributed by atoms with E-state index in [0.717, 1.165) is 13.0 Å². The van der Waals surface area contributed by atoms with Crippen molar-refractivity contribution in [3.05, 3.63) is 35.4 Å². The van der Waals surface area contributed by atoms with E-state index in [9.17, 15) is 0 Å². The molecule has 0 aliphatic rings. The van der Waals surface area contributed by atoms with Gasteiger partial charge in [-0.05, 0) is 24.3 Å². The number of aryl methyl sites for hydroxylation is 1. The molecule has 0 fully saturated rings. The van der Waals surface area contributed by atoms with E-state index < -0.39 is 0 Å². The molecular weight excluding hydrogens is 134 g/mol. The van der Waals surface area contributed by atoms with Gasteiger partial charge < -0.3 is 0 Å². The van der Waals surface area contributed by atoms with E-state index in [-0.39, 0.29) is 0 Å². The van der Waals surface area contributed by atoms with Crippen LogP contribution in [0, 0.1) is 0 Å². The Balaban J connectivity index is 2.92. The van der Waals surface area contributed by atoms with Crippen molar-refractivity contribution in [2.45, 2.75) is 19.9 Å². The third kappa shape index (κ3) is 1.90. The van der Waals surface area contributed by atoms with Crippen molar-refractivity contribution in [3.8, 4) is 0 Å². The molecule has 0 heterocycles. The first kappa shape index (κ1) is 7.99. The second-order valence-corrected chi connectivity index (χ2v) is 2.50. The third-order valence-electron chi connectivity index (χ3n) is 1.78. The van der Waals surface area contributed by atoms with E-state index in [0.29, 0.717) is 0 Å². The summed E-state index contributed by atoms with van der Waals surface area (Å²) in [6.45, 7) is 6.38. The summed E-state index contributed by atoms with van der Waals surface area (Å²) >= 11 is 0. The van der Waals surface area contributed by atoms with Crippen LogP contribution >= 0.6 is 0 Å². The summed E-state index contributed by atoms with van der Waals surface area (Å²) in [7, 11) is 0. The number of hydrogen-bond donors (Lipinski definition) is 0.